The van der Waals surface area contributed by atoms with Gasteiger partial charge in [0.25, 0.3) is 5.69 Å². The van der Waals surface area contributed by atoms with Gasteiger partial charge < -0.3 is 10.4 Å². The molecule has 2 aromatic rings. The summed E-state index contributed by atoms with van der Waals surface area (Å²) >= 11 is 0. The minimum Gasteiger partial charge on any atom is -0.476 e. The molecule has 0 bridgehead atoms. The molecule has 0 fully saturated rings. The molecule has 0 amide bonds. The third kappa shape index (κ3) is 2.12. The van der Waals surface area contributed by atoms with E-state index in [0.717, 1.165) is 0 Å². The molecule has 0 aliphatic heterocycles. The summed E-state index contributed by atoms with van der Waals surface area (Å²) in [4.78, 5) is 21.1. The van der Waals surface area contributed by atoms with Gasteiger partial charge in [0.2, 0.25) is 0 Å². The molecular formula is C10H8N4O4. The monoisotopic (exact) mass is 248 g/mol. The number of rotatable bonds is 4. The smallest absolute Gasteiger partial charge is 0.356 e. The molecule has 0 atom stereocenters. The molecule has 18 heavy (non-hydrogen) atoms. The van der Waals surface area contributed by atoms with Crippen LogP contribution in [0.4, 0.5) is 17.1 Å². The van der Waals surface area contributed by atoms with Gasteiger partial charge in [-0.15, -0.1) is 0 Å². The highest BCUT2D eigenvalue weighted by Crippen LogP contribution is 2.27. The Hall–Kier alpha value is -2.90. The van der Waals surface area contributed by atoms with Crippen molar-refractivity contribution in [1.29, 1.82) is 0 Å². The number of aromatic carboxylic acids is 1. The molecule has 1 aromatic carbocycles. The Bertz CT molecular complexity index is 607. The summed E-state index contributed by atoms with van der Waals surface area (Å²) in [6.07, 6.45) is 1.25. The number of anilines is 2. The summed E-state index contributed by atoms with van der Waals surface area (Å²) < 4.78 is 0. The van der Waals surface area contributed by atoms with Crippen LogP contribution in [0.1, 0.15) is 10.5 Å². The second kappa shape index (κ2) is 4.53. The molecule has 0 saturated carbocycles. The fourth-order valence-electron chi connectivity index (χ4n) is 1.43. The van der Waals surface area contributed by atoms with E-state index in [-0.39, 0.29) is 22.8 Å². The number of aromatic nitrogens is 2. The first-order valence-corrected chi connectivity index (χ1v) is 4.86. The lowest BCUT2D eigenvalue weighted by Gasteiger charge is -2.05. The maximum Gasteiger partial charge on any atom is 0.356 e. The number of carbonyl (C=O) groups is 1. The summed E-state index contributed by atoms with van der Waals surface area (Å²) in [6, 6.07) is 5.94. The first-order valence-electron chi connectivity index (χ1n) is 4.86. The number of nitrogens with zero attached hydrogens (tertiary/aromatic N) is 2. The molecule has 3 N–H and O–H groups in total. The zero-order valence-electron chi connectivity index (χ0n) is 8.95. The molecular weight excluding hydrogens is 240 g/mol. The molecule has 1 aromatic heterocycles. The van der Waals surface area contributed by atoms with Gasteiger partial charge in [-0.2, -0.15) is 5.10 Å². The average Bonchev–Trinajstić information content (AvgIpc) is 2.77. The second-order valence-electron chi connectivity index (χ2n) is 3.36. The van der Waals surface area contributed by atoms with Crippen LogP contribution in [0.3, 0.4) is 0 Å². The maximum atomic E-state index is 10.8. The minimum atomic E-state index is -1.20. The third-order valence-corrected chi connectivity index (χ3v) is 2.22. The molecule has 0 unspecified atom stereocenters. The Morgan fingerprint density at radius 3 is 2.78 bits per heavy atom. The van der Waals surface area contributed by atoms with Crippen molar-refractivity contribution in [3.8, 4) is 0 Å². The van der Waals surface area contributed by atoms with Crippen LogP contribution in [-0.2, 0) is 0 Å². The molecule has 8 nitrogen and oxygen atoms in total. The van der Waals surface area contributed by atoms with Gasteiger partial charge >= 0.3 is 5.97 Å². The van der Waals surface area contributed by atoms with Gasteiger partial charge in [0.15, 0.2) is 5.69 Å². The van der Waals surface area contributed by atoms with Crippen LogP contribution < -0.4 is 5.32 Å². The summed E-state index contributed by atoms with van der Waals surface area (Å²) in [5, 5.41) is 28.2. The van der Waals surface area contributed by atoms with Crippen LogP contribution in [0.5, 0.6) is 0 Å². The summed E-state index contributed by atoms with van der Waals surface area (Å²) in [5.74, 6) is -1.20. The van der Waals surface area contributed by atoms with Gasteiger partial charge in [0.1, 0.15) is 5.69 Å². The lowest BCUT2D eigenvalue weighted by Crippen LogP contribution is -2.03. The van der Waals surface area contributed by atoms with E-state index in [1.54, 1.807) is 6.07 Å². The molecule has 0 aliphatic carbocycles. The number of carboxylic acid groups (broad SMARTS) is 1. The number of H-pyrrole nitrogens is 1. The van der Waals surface area contributed by atoms with E-state index >= 15 is 0 Å². The topological polar surface area (TPSA) is 121 Å². The van der Waals surface area contributed by atoms with E-state index in [4.69, 9.17) is 5.11 Å². The van der Waals surface area contributed by atoms with Crippen LogP contribution in [0, 0.1) is 10.1 Å². The predicted molar refractivity (Wildman–Crippen MR) is 61.9 cm³/mol. The molecule has 92 valence electrons. The van der Waals surface area contributed by atoms with Crippen LogP contribution >= 0.6 is 0 Å². The SMILES string of the molecule is O=C(O)c1[nH]ncc1Nc1ccccc1[N+](=O)[O-]. The fraction of sp³-hybridized carbons (Fsp3) is 0. The number of para-hydroxylation sites is 2. The van der Waals surface area contributed by atoms with Gasteiger partial charge in [-0.1, -0.05) is 12.1 Å². The standard InChI is InChI=1S/C10H8N4O4/c15-10(16)9-7(5-11-13-9)12-6-3-1-2-4-8(6)14(17)18/h1-5,12H,(H,11,13)(H,15,16). The number of benzene rings is 1. The van der Waals surface area contributed by atoms with Crippen molar-refractivity contribution < 1.29 is 14.8 Å². The summed E-state index contributed by atoms with van der Waals surface area (Å²) in [5.41, 5.74) is 0.0615. The fourth-order valence-corrected chi connectivity index (χ4v) is 1.43. The quantitative estimate of drug-likeness (QED) is 0.559. The predicted octanol–water partition coefficient (Wildman–Crippen LogP) is 1.76. The van der Waals surface area contributed by atoms with Crippen LogP contribution in [-0.4, -0.2) is 26.2 Å². The van der Waals surface area contributed by atoms with Crippen molar-refractivity contribution >= 4 is 23.0 Å². The van der Waals surface area contributed by atoms with Crippen molar-refractivity contribution in [1.82, 2.24) is 10.2 Å². The minimum absolute atomic E-state index is 0.143. The van der Waals surface area contributed by atoms with E-state index in [0.29, 0.717) is 0 Å². The highest BCUT2D eigenvalue weighted by molar-refractivity contribution is 5.93. The number of nitrogens with one attached hydrogen (secondary N) is 2. The van der Waals surface area contributed by atoms with E-state index in [1.165, 1.54) is 24.4 Å². The zero-order valence-corrected chi connectivity index (χ0v) is 8.95. The van der Waals surface area contributed by atoms with E-state index in [9.17, 15) is 14.9 Å². The van der Waals surface area contributed by atoms with Gasteiger partial charge in [-0.05, 0) is 6.07 Å². The van der Waals surface area contributed by atoms with E-state index < -0.39 is 10.9 Å². The van der Waals surface area contributed by atoms with Gasteiger partial charge in [0, 0.05) is 6.07 Å². The van der Waals surface area contributed by atoms with Crippen LogP contribution in [0.15, 0.2) is 30.5 Å². The molecule has 0 saturated heterocycles. The van der Waals surface area contributed by atoms with Crippen molar-refractivity contribution in [3.05, 3.63) is 46.3 Å². The molecule has 0 aliphatic rings. The van der Waals surface area contributed by atoms with Gasteiger partial charge in [-0.3, -0.25) is 15.2 Å². The number of nitro groups is 1. The molecule has 0 radical (unpaired) electrons. The lowest BCUT2D eigenvalue weighted by molar-refractivity contribution is -0.383. The van der Waals surface area contributed by atoms with Crippen molar-refractivity contribution in [2.24, 2.45) is 0 Å². The summed E-state index contributed by atoms with van der Waals surface area (Å²) in [6.45, 7) is 0. The molecule has 2 rings (SSSR count). The molecule has 0 spiro atoms. The Labute approximate surface area is 100 Å². The van der Waals surface area contributed by atoms with E-state index in [2.05, 4.69) is 15.5 Å². The average molecular weight is 248 g/mol. The first kappa shape index (κ1) is 11.6. The Balaban J connectivity index is 2.37. The number of aromatic amines is 1. The Morgan fingerprint density at radius 1 is 1.39 bits per heavy atom. The zero-order chi connectivity index (χ0) is 13.1. The Kier molecular flexibility index (Phi) is 2.92. The number of nitro benzene ring substituents is 1. The molecule has 8 heteroatoms. The van der Waals surface area contributed by atoms with Crippen LogP contribution in [0.2, 0.25) is 0 Å². The highest BCUT2D eigenvalue weighted by atomic mass is 16.6. The van der Waals surface area contributed by atoms with Gasteiger partial charge in [0.05, 0.1) is 16.8 Å². The van der Waals surface area contributed by atoms with E-state index in [1.807, 2.05) is 0 Å². The number of hydrogen-bond donors (Lipinski definition) is 3. The third-order valence-electron chi connectivity index (χ3n) is 2.22. The van der Waals surface area contributed by atoms with Crippen molar-refractivity contribution in [2.75, 3.05) is 5.32 Å². The lowest BCUT2D eigenvalue weighted by atomic mass is 10.2. The number of hydrogen-bond acceptors (Lipinski definition) is 5. The van der Waals surface area contributed by atoms with Crippen LogP contribution in [0.25, 0.3) is 0 Å². The largest absolute Gasteiger partial charge is 0.476 e. The first-order chi connectivity index (χ1) is 8.59. The molecule has 1 heterocycles. The second-order valence-corrected chi connectivity index (χ2v) is 3.36. The highest BCUT2D eigenvalue weighted by Gasteiger charge is 2.17. The van der Waals surface area contributed by atoms with Gasteiger partial charge in [-0.25, -0.2) is 4.79 Å². The van der Waals surface area contributed by atoms with Crippen molar-refractivity contribution in [3.63, 3.8) is 0 Å². The maximum absolute atomic E-state index is 10.8. The number of carboxylic acids is 1. The normalized spacial score (nSPS) is 10.0. The summed E-state index contributed by atoms with van der Waals surface area (Å²) in [7, 11) is 0. The van der Waals surface area contributed by atoms with Crippen molar-refractivity contribution in [2.45, 2.75) is 0 Å². The Morgan fingerprint density at radius 2 is 2.11 bits per heavy atom.